The fourth-order valence-electron chi connectivity index (χ4n) is 1.40. The molecule has 0 fully saturated rings. The number of rotatable bonds is 1. The predicted molar refractivity (Wildman–Crippen MR) is 60.5 cm³/mol. The van der Waals surface area contributed by atoms with Crippen molar-refractivity contribution < 1.29 is 5.11 Å². The molecule has 0 spiro atoms. The number of nitrogen functional groups attached to an aromatic ring is 1. The summed E-state index contributed by atoms with van der Waals surface area (Å²) in [5.41, 5.74) is 8.76. The van der Waals surface area contributed by atoms with Crippen molar-refractivity contribution in [3.8, 4) is 17.0 Å². The highest BCUT2D eigenvalue weighted by molar-refractivity contribution is 5.68. The topological polar surface area (TPSA) is 59.1 Å². The second-order valence-corrected chi connectivity index (χ2v) is 3.44. The zero-order chi connectivity index (χ0) is 10.8. The van der Waals surface area contributed by atoms with Crippen molar-refractivity contribution in [3.63, 3.8) is 0 Å². The lowest BCUT2D eigenvalue weighted by Crippen LogP contribution is -1.92. The molecule has 0 aliphatic rings. The van der Waals surface area contributed by atoms with E-state index in [0.717, 1.165) is 16.8 Å². The highest BCUT2D eigenvalue weighted by atomic mass is 16.3. The molecule has 0 atom stereocenters. The van der Waals surface area contributed by atoms with Gasteiger partial charge in [0.15, 0.2) is 0 Å². The Morgan fingerprint density at radius 2 is 2.00 bits per heavy atom. The molecule has 0 unspecified atom stereocenters. The molecule has 76 valence electrons. The Bertz CT molecular complexity index is 495. The van der Waals surface area contributed by atoms with Crippen LogP contribution in [0.15, 0.2) is 36.5 Å². The Morgan fingerprint density at radius 1 is 1.27 bits per heavy atom. The molecular weight excluding hydrogens is 188 g/mol. The molecule has 0 radical (unpaired) electrons. The fraction of sp³-hybridized carbons (Fsp3) is 0.0833. The van der Waals surface area contributed by atoms with Crippen LogP contribution in [-0.2, 0) is 0 Å². The van der Waals surface area contributed by atoms with E-state index in [1.54, 1.807) is 18.3 Å². The minimum Gasteiger partial charge on any atom is -0.507 e. The second kappa shape index (κ2) is 3.61. The van der Waals surface area contributed by atoms with Crippen molar-refractivity contribution in [3.05, 3.63) is 42.1 Å². The first-order valence-corrected chi connectivity index (χ1v) is 4.69. The molecule has 0 saturated heterocycles. The number of phenolic OH excluding ortho intramolecular Hbond substituents is 1. The molecule has 1 heterocycles. The van der Waals surface area contributed by atoms with Crippen LogP contribution in [0.4, 0.5) is 5.69 Å². The van der Waals surface area contributed by atoms with Gasteiger partial charge in [0.05, 0.1) is 17.6 Å². The van der Waals surface area contributed by atoms with Crippen LogP contribution in [0.25, 0.3) is 11.3 Å². The molecule has 0 aliphatic carbocycles. The van der Waals surface area contributed by atoms with Gasteiger partial charge in [0.2, 0.25) is 0 Å². The predicted octanol–water partition coefficient (Wildman–Crippen LogP) is 2.34. The third-order valence-corrected chi connectivity index (χ3v) is 2.33. The van der Waals surface area contributed by atoms with Gasteiger partial charge in [0, 0.05) is 5.56 Å². The number of hydrogen-bond acceptors (Lipinski definition) is 3. The van der Waals surface area contributed by atoms with Gasteiger partial charge in [0.1, 0.15) is 5.75 Å². The van der Waals surface area contributed by atoms with E-state index in [1.165, 1.54) is 0 Å². The summed E-state index contributed by atoms with van der Waals surface area (Å²) in [6.07, 6.45) is 1.61. The SMILES string of the molecule is Cc1cc(-c2ccccc2O)ncc1N. The molecule has 2 aromatic rings. The van der Waals surface area contributed by atoms with E-state index >= 15 is 0 Å². The van der Waals surface area contributed by atoms with E-state index in [1.807, 2.05) is 25.1 Å². The molecule has 0 amide bonds. The molecule has 15 heavy (non-hydrogen) atoms. The minimum absolute atomic E-state index is 0.231. The molecular formula is C12H12N2O. The molecule has 3 nitrogen and oxygen atoms in total. The molecule has 1 aromatic carbocycles. The van der Waals surface area contributed by atoms with Crippen LogP contribution in [-0.4, -0.2) is 10.1 Å². The van der Waals surface area contributed by atoms with Crippen LogP contribution in [0, 0.1) is 6.92 Å². The number of pyridine rings is 1. The number of benzene rings is 1. The average Bonchev–Trinajstić information content (AvgIpc) is 2.23. The first-order chi connectivity index (χ1) is 7.18. The quantitative estimate of drug-likeness (QED) is 0.742. The molecule has 0 saturated carbocycles. The zero-order valence-electron chi connectivity index (χ0n) is 8.44. The van der Waals surface area contributed by atoms with Gasteiger partial charge in [-0.15, -0.1) is 0 Å². The van der Waals surface area contributed by atoms with Crippen molar-refractivity contribution >= 4 is 5.69 Å². The number of aromatic hydroxyl groups is 1. The smallest absolute Gasteiger partial charge is 0.124 e. The Hall–Kier alpha value is -2.03. The second-order valence-electron chi connectivity index (χ2n) is 3.44. The summed E-state index contributed by atoms with van der Waals surface area (Å²) < 4.78 is 0. The maximum atomic E-state index is 9.65. The third kappa shape index (κ3) is 1.76. The standard InChI is InChI=1S/C12H12N2O/c1-8-6-11(14-7-10(8)13)9-4-2-3-5-12(9)15/h2-7,15H,13H2,1H3. The zero-order valence-corrected chi connectivity index (χ0v) is 8.44. The van der Waals surface area contributed by atoms with Crippen molar-refractivity contribution in [1.82, 2.24) is 4.98 Å². The Morgan fingerprint density at radius 3 is 2.67 bits per heavy atom. The summed E-state index contributed by atoms with van der Waals surface area (Å²) in [5, 5.41) is 9.65. The van der Waals surface area contributed by atoms with Gasteiger partial charge in [-0.1, -0.05) is 12.1 Å². The number of aromatic nitrogens is 1. The number of nitrogens with two attached hydrogens (primary N) is 1. The molecule has 3 heteroatoms. The van der Waals surface area contributed by atoms with Crippen molar-refractivity contribution in [2.24, 2.45) is 0 Å². The van der Waals surface area contributed by atoms with Crippen LogP contribution in [0.2, 0.25) is 0 Å². The Kier molecular flexibility index (Phi) is 2.29. The number of anilines is 1. The summed E-state index contributed by atoms with van der Waals surface area (Å²) >= 11 is 0. The van der Waals surface area contributed by atoms with E-state index in [0.29, 0.717) is 5.69 Å². The Labute approximate surface area is 88.2 Å². The van der Waals surface area contributed by atoms with Crippen molar-refractivity contribution in [2.45, 2.75) is 6.92 Å². The van der Waals surface area contributed by atoms with Crippen LogP contribution in [0.3, 0.4) is 0 Å². The average molecular weight is 200 g/mol. The normalized spacial score (nSPS) is 10.2. The lowest BCUT2D eigenvalue weighted by atomic mass is 10.1. The first-order valence-electron chi connectivity index (χ1n) is 4.69. The van der Waals surface area contributed by atoms with Gasteiger partial charge < -0.3 is 10.8 Å². The van der Waals surface area contributed by atoms with Crippen LogP contribution in [0.1, 0.15) is 5.56 Å². The summed E-state index contributed by atoms with van der Waals surface area (Å²) in [4.78, 5) is 4.19. The summed E-state index contributed by atoms with van der Waals surface area (Å²) in [6.45, 7) is 1.92. The number of phenols is 1. The summed E-state index contributed by atoms with van der Waals surface area (Å²) in [5.74, 6) is 0.231. The van der Waals surface area contributed by atoms with Crippen LogP contribution >= 0.6 is 0 Å². The van der Waals surface area contributed by atoms with Gasteiger partial charge in [-0.05, 0) is 30.7 Å². The van der Waals surface area contributed by atoms with E-state index in [-0.39, 0.29) is 5.75 Å². The minimum atomic E-state index is 0.231. The van der Waals surface area contributed by atoms with Gasteiger partial charge in [-0.2, -0.15) is 0 Å². The lowest BCUT2D eigenvalue weighted by Gasteiger charge is -2.05. The van der Waals surface area contributed by atoms with Gasteiger partial charge in [-0.25, -0.2) is 0 Å². The van der Waals surface area contributed by atoms with E-state index < -0.39 is 0 Å². The number of hydrogen-bond donors (Lipinski definition) is 2. The largest absolute Gasteiger partial charge is 0.507 e. The molecule has 2 rings (SSSR count). The van der Waals surface area contributed by atoms with Gasteiger partial charge in [-0.3, -0.25) is 4.98 Å². The first kappa shape index (κ1) is 9.52. The molecule has 0 aliphatic heterocycles. The molecule has 1 aromatic heterocycles. The van der Waals surface area contributed by atoms with Crippen LogP contribution < -0.4 is 5.73 Å². The monoisotopic (exact) mass is 200 g/mol. The summed E-state index contributed by atoms with van der Waals surface area (Å²) in [7, 11) is 0. The Balaban J connectivity index is 2.55. The lowest BCUT2D eigenvalue weighted by molar-refractivity contribution is 0.477. The fourth-order valence-corrected chi connectivity index (χ4v) is 1.40. The highest BCUT2D eigenvalue weighted by Gasteiger charge is 2.05. The third-order valence-electron chi connectivity index (χ3n) is 2.33. The van der Waals surface area contributed by atoms with Crippen molar-refractivity contribution in [1.29, 1.82) is 0 Å². The van der Waals surface area contributed by atoms with Crippen molar-refractivity contribution in [2.75, 3.05) is 5.73 Å². The van der Waals surface area contributed by atoms with E-state index in [9.17, 15) is 5.11 Å². The number of nitrogens with zero attached hydrogens (tertiary/aromatic N) is 1. The molecule has 3 N–H and O–H groups in total. The number of para-hydroxylation sites is 1. The highest BCUT2D eigenvalue weighted by Crippen LogP contribution is 2.28. The van der Waals surface area contributed by atoms with Gasteiger partial charge in [0.25, 0.3) is 0 Å². The van der Waals surface area contributed by atoms with Gasteiger partial charge >= 0.3 is 0 Å². The number of aryl methyl sites for hydroxylation is 1. The maximum Gasteiger partial charge on any atom is 0.124 e. The van der Waals surface area contributed by atoms with E-state index in [2.05, 4.69) is 4.98 Å². The molecule has 0 bridgehead atoms. The van der Waals surface area contributed by atoms with E-state index in [4.69, 9.17) is 5.73 Å². The maximum absolute atomic E-state index is 9.65. The van der Waals surface area contributed by atoms with Crippen LogP contribution in [0.5, 0.6) is 5.75 Å². The summed E-state index contributed by atoms with van der Waals surface area (Å²) in [6, 6.07) is 8.98.